The highest BCUT2D eigenvalue weighted by atomic mass is 16.4. The molecule has 0 atom stereocenters. The van der Waals surface area contributed by atoms with Gasteiger partial charge in [0.1, 0.15) is 5.56 Å². The molecule has 0 fully saturated rings. The lowest BCUT2D eigenvalue weighted by Gasteiger charge is -2.14. The SMILES string of the molecule is CCC(=Nc1ccc(C(=O)O)cc1)c1c(O)n(-c2ccccc2C)c(=O)[nH]c1=O. The van der Waals surface area contributed by atoms with E-state index in [0.717, 1.165) is 10.1 Å². The number of carboxylic acid groups (broad SMARTS) is 1. The quantitative estimate of drug-likeness (QED) is 0.575. The van der Waals surface area contributed by atoms with Crippen LogP contribution in [-0.4, -0.2) is 31.4 Å². The maximum atomic E-state index is 12.5. The van der Waals surface area contributed by atoms with Gasteiger partial charge in [-0.2, -0.15) is 0 Å². The van der Waals surface area contributed by atoms with Crippen molar-refractivity contribution in [1.82, 2.24) is 9.55 Å². The van der Waals surface area contributed by atoms with Crippen LogP contribution in [0, 0.1) is 6.92 Å². The molecule has 0 aliphatic carbocycles. The molecule has 0 aliphatic heterocycles. The number of hydrogen-bond donors (Lipinski definition) is 3. The number of aliphatic imine (C=N–C) groups is 1. The zero-order chi connectivity index (χ0) is 21.1. The van der Waals surface area contributed by atoms with Crippen molar-refractivity contribution in [3.8, 4) is 11.6 Å². The molecule has 3 N–H and O–H groups in total. The number of aryl methyl sites for hydroxylation is 1. The van der Waals surface area contributed by atoms with Gasteiger partial charge in [-0.15, -0.1) is 0 Å². The van der Waals surface area contributed by atoms with Crippen LogP contribution in [0.3, 0.4) is 0 Å². The molecule has 148 valence electrons. The van der Waals surface area contributed by atoms with Gasteiger partial charge in [0, 0.05) is 0 Å². The van der Waals surface area contributed by atoms with Crippen molar-refractivity contribution in [3.63, 3.8) is 0 Å². The molecular formula is C21H19N3O5. The summed E-state index contributed by atoms with van der Waals surface area (Å²) in [5.41, 5.74) is 0.338. The molecule has 1 heterocycles. The van der Waals surface area contributed by atoms with Crippen LogP contribution in [0.15, 0.2) is 63.1 Å². The Kier molecular flexibility index (Phi) is 5.45. The molecule has 3 aromatic rings. The van der Waals surface area contributed by atoms with E-state index >= 15 is 0 Å². The van der Waals surface area contributed by atoms with Crippen molar-refractivity contribution in [3.05, 3.63) is 86.1 Å². The summed E-state index contributed by atoms with van der Waals surface area (Å²) in [4.78, 5) is 42.5. The Bertz CT molecular complexity index is 1220. The second kappa shape index (κ2) is 7.97. The van der Waals surface area contributed by atoms with E-state index in [9.17, 15) is 19.5 Å². The number of carbonyl (C=O) groups is 1. The summed E-state index contributed by atoms with van der Waals surface area (Å²) in [5, 5.41) is 19.8. The second-order valence-electron chi connectivity index (χ2n) is 6.34. The first kappa shape index (κ1) is 19.8. The van der Waals surface area contributed by atoms with Gasteiger partial charge >= 0.3 is 11.7 Å². The first-order valence-corrected chi connectivity index (χ1v) is 8.89. The number of aromatic carboxylic acids is 1. The predicted octanol–water partition coefficient (Wildman–Crippen LogP) is 2.77. The highest BCUT2D eigenvalue weighted by molar-refractivity contribution is 6.03. The molecule has 0 saturated heterocycles. The number of benzene rings is 2. The predicted molar refractivity (Wildman–Crippen MR) is 109 cm³/mol. The van der Waals surface area contributed by atoms with Gasteiger partial charge in [0.25, 0.3) is 5.56 Å². The van der Waals surface area contributed by atoms with Crippen LogP contribution in [0.2, 0.25) is 0 Å². The molecule has 3 rings (SSSR count). The Morgan fingerprint density at radius 2 is 1.76 bits per heavy atom. The largest absolute Gasteiger partial charge is 0.493 e. The average Bonchev–Trinajstić information content (AvgIpc) is 2.68. The molecule has 8 nitrogen and oxygen atoms in total. The summed E-state index contributed by atoms with van der Waals surface area (Å²) >= 11 is 0. The number of aromatic nitrogens is 2. The summed E-state index contributed by atoms with van der Waals surface area (Å²) in [6.45, 7) is 3.54. The topological polar surface area (TPSA) is 125 Å². The Balaban J connectivity index is 2.20. The molecule has 0 spiro atoms. The van der Waals surface area contributed by atoms with Crippen molar-refractivity contribution in [1.29, 1.82) is 0 Å². The molecule has 8 heteroatoms. The Morgan fingerprint density at radius 1 is 1.10 bits per heavy atom. The number of aromatic hydroxyl groups is 1. The highest BCUT2D eigenvalue weighted by Crippen LogP contribution is 2.22. The fraction of sp³-hybridized carbons (Fsp3) is 0.143. The summed E-state index contributed by atoms with van der Waals surface area (Å²) < 4.78 is 1.03. The van der Waals surface area contributed by atoms with E-state index in [4.69, 9.17) is 5.11 Å². The van der Waals surface area contributed by atoms with Gasteiger partial charge < -0.3 is 10.2 Å². The number of aromatic amines is 1. The van der Waals surface area contributed by atoms with E-state index in [1.807, 2.05) is 0 Å². The highest BCUT2D eigenvalue weighted by Gasteiger charge is 2.20. The molecule has 0 bridgehead atoms. The van der Waals surface area contributed by atoms with E-state index < -0.39 is 23.1 Å². The van der Waals surface area contributed by atoms with Gasteiger partial charge in [-0.3, -0.25) is 14.8 Å². The van der Waals surface area contributed by atoms with E-state index in [2.05, 4.69) is 9.98 Å². The van der Waals surface area contributed by atoms with E-state index in [1.54, 1.807) is 38.1 Å². The Morgan fingerprint density at radius 3 is 2.34 bits per heavy atom. The zero-order valence-corrected chi connectivity index (χ0v) is 15.8. The van der Waals surface area contributed by atoms with Crippen LogP contribution in [0.5, 0.6) is 5.88 Å². The van der Waals surface area contributed by atoms with Gasteiger partial charge in [0.05, 0.1) is 22.6 Å². The van der Waals surface area contributed by atoms with E-state index in [0.29, 0.717) is 17.8 Å². The number of nitrogens with one attached hydrogen (secondary N) is 1. The molecule has 0 unspecified atom stereocenters. The first-order valence-electron chi connectivity index (χ1n) is 8.89. The minimum atomic E-state index is -1.06. The van der Waals surface area contributed by atoms with Gasteiger partial charge in [-0.05, 0) is 49.2 Å². The Labute approximate surface area is 165 Å². The fourth-order valence-electron chi connectivity index (χ4n) is 2.97. The third-order valence-electron chi connectivity index (χ3n) is 4.44. The van der Waals surface area contributed by atoms with Gasteiger partial charge in [0.2, 0.25) is 5.88 Å². The van der Waals surface area contributed by atoms with Crippen molar-refractivity contribution in [2.45, 2.75) is 20.3 Å². The molecular weight excluding hydrogens is 374 g/mol. The van der Waals surface area contributed by atoms with Crippen molar-refractivity contribution < 1.29 is 15.0 Å². The Hall–Kier alpha value is -3.94. The maximum Gasteiger partial charge on any atom is 0.335 e. The lowest BCUT2D eigenvalue weighted by atomic mass is 10.1. The zero-order valence-electron chi connectivity index (χ0n) is 15.8. The van der Waals surface area contributed by atoms with Crippen molar-refractivity contribution >= 4 is 17.4 Å². The molecule has 0 radical (unpaired) electrons. The lowest BCUT2D eigenvalue weighted by Crippen LogP contribution is -2.33. The molecule has 1 aromatic heterocycles. The van der Waals surface area contributed by atoms with E-state index in [-0.39, 0.29) is 16.8 Å². The minimum Gasteiger partial charge on any atom is -0.493 e. The first-order chi connectivity index (χ1) is 13.8. The van der Waals surface area contributed by atoms with Crippen LogP contribution in [-0.2, 0) is 0 Å². The molecule has 0 aliphatic rings. The number of rotatable bonds is 5. The molecule has 0 amide bonds. The third kappa shape index (κ3) is 3.86. The maximum absolute atomic E-state index is 12.5. The average molecular weight is 393 g/mol. The number of para-hydroxylation sites is 1. The van der Waals surface area contributed by atoms with Crippen molar-refractivity contribution in [2.24, 2.45) is 4.99 Å². The number of H-pyrrole nitrogens is 1. The summed E-state index contributed by atoms with van der Waals surface area (Å²) in [6, 6.07) is 12.8. The number of carboxylic acids is 1. The molecule has 29 heavy (non-hydrogen) atoms. The number of hydrogen-bond acceptors (Lipinski definition) is 5. The van der Waals surface area contributed by atoms with Gasteiger partial charge in [0.15, 0.2) is 0 Å². The fourth-order valence-corrected chi connectivity index (χ4v) is 2.97. The van der Waals surface area contributed by atoms with Crippen LogP contribution >= 0.6 is 0 Å². The monoisotopic (exact) mass is 393 g/mol. The lowest BCUT2D eigenvalue weighted by molar-refractivity contribution is 0.0697. The van der Waals surface area contributed by atoms with Crippen LogP contribution in [0.4, 0.5) is 5.69 Å². The third-order valence-corrected chi connectivity index (χ3v) is 4.44. The van der Waals surface area contributed by atoms with Crippen LogP contribution in [0.1, 0.15) is 34.8 Å². The normalized spacial score (nSPS) is 11.4. The summed E-state index contributed by atoms with van der Waals surface area (Å²) in [6.07, 6.45) is 0.295. The van der Waals surface area contributed by atoms with Gasteiger partial charge in [-0.25, -0.2) is 14.2 Å². The van der Waals surface area contributed by atoms with E-state index in [1.165, 1.54) is 24.3 Å². The summed E-state index contributed by atoms with van der Waals surface area (Å²) in [5.74, 6) is -1.56. The molecule has 0 saturated carbocycles. The molecule has 2 aromatic carbocycles. The van der Waals surface area contributed by atoms with Crippen LogP contribution < -0.4 is 11.2 Å². The summed E-state index contributed by atoms with van der Waals surface area (Å²) in [7, 11) is 0. The van der Waals surface area contributed by atoms with Gasteiger partial charge in [-0.1, -0.05) is 25.1 Å². The smallest absolute Gasteiger partial charge is 0.335 e. The van der Waals surface area contributed by atoms with Crippen LogP contribution in [0.25, 0.3) is 5.69 Å². The minimum absolute atomic E-state index is 0.107. The van der Waals surface area contributed by atoms with Crippen molar-refractivity contribution in [2.75, 3.05) is 0 Å². The standard InChI is InChI=1S/C21H19N3O5/c1-3-15(22-14-10-8-13(9-11-14)20(27)28)17-18(25)23-21(29)24(19(17)26)16-7-5-4-6-12(16)2/h4-11,26H,3H2,1-2H3,(H,27,28)(H,23,25,29). The number of nitrogens with zero attached hydrogens (tertiary/aromatic N) is 2. The second-order valence-corrected chi connectivity index (χ2v) is 6.34.